The molecule has 2 nitrogen and oxygen atoms in total. The van der Waals surface area contributed by atoms with Crippen molar-refractivity contribution in [3.05, 3.63) is 40.9 Å². The van der Waals surface area contributed by atoms with Gasteiger partial charge < -0.3 is 10.5 Å². The van der Waals surface area contributed by atoms with Crippen LogP contribution in [0.2, 0.25) is 5.02 Å². The van der Waals surface area contributed by atoms with Crippen molar-refractivity contribution in [3.8, 4) is 5.75 Å². The van der Waals surface area contributed by atoms with Crippen LogP contribution in [-0.4, -0.2) is 6.61 Å². The summed E-state index contributed by atoms with van der Waals surface area (Å²) < 4.78 is 5.69. The van der Waals surface area contributed by atoms with Gasteiger partial charge in [-0.05, 0) is 37.0 Å². The highest BCUT2D eigenvalue weighted by Gasteiger charge is 2.32. The summed E-state index contributed by atoms with van der Waals surface area (Å²) in [5.41, 5.74) is 8.25. The predicted molar refractivity (Wildman–Crippen MR) is 80.7 cm³/mol. The van der Waals surface area contributed by atoms with Gasteiger partial charge in [0.2, 0.25) is 0 Å². The van der Waals surface area contributed by atoms with Crippen molar-refractivity contribution in [1.82, 2.24) is 0 Å². The Balaban J connectivity index is 2.25. The van der Waals surface area contributed by atoms with Gasteiger partial charge in [-0.3, -0.25) is 0 Å². The molecule has 2 N–H and O–H groups in total. The van der Waals surface area contributed by atoms with Gasteiger partial charge in [0.15, 0.2) is 0 Å². The Kier molecular flexibility index (Phi) is 4.54. The van der Waals surface area contributed by atoms with Crippen molar-refractivity contribution in [3.63, 3.8) is 0 Å². The van der Waals surface area contributed by atoms with Gasteiger partial charge in [-0.1, -0.05) is 49.6 Å². The van der Waals surface area contributed by atoms with E-state index in [0.29, 0.717) is 17.4 Å². The first kappa shape index (κ1) is 14.4. The van der Waals surface area contributed by atoms with Gasteiger partial charge in [0.25, 0.3) is 0 Å². The van der Waals surface area contributed by atoms with Crippen molar-refractivity contribution < 1.29 is 4.74 Å². The number of ether oxygens (including phenoxy) is 1. The highest BCUT2D eigenvalue weighted by Crippen LogP contribution is 2.41. The maximum atomic E-state index is 6.55. The number of nitrogens with two attached hydrogens (primary N) is 1. The number of hydrogen-bond donors (Lipinski definition) is 1. The maximum absolute atomic E-state index is 6.55. The van der Waals surface area contributed by atoms with E-state index in [-0.39, 0.29) is 5.54 Å². The van der Waals surface area contributed by atoms with E-state index < -0.39 is 0 Å². The molecule has 1 saturated carbocycles. The molecule has 1 aromatic rings. The fourth-order valence-electron chi connectivity index (χ4n) is 2.66. The average Bonchev–Trinajstić information content (AvgIpc) is 2.38. The molecule has 0 radical (unpaired) electrons. The Morgan fingerprint density at radius 2 is 2.05 bits per heavy atom. The molecule has 0 spiro atoms. The zero-order valence-electron chi connectivity index (χ0n) is 11.5. The summed E-state index contributed by atoms with van der Waals surface area (Å²) in [5.74, 6) is 0.706. The second kappa shape index (κ2) is 5.98. The van der Waals surface area contributed by atoms with Crippen LogP contribution < -0.4 is 10.5 Å². The molecule has 0 amide bonds. The standard InChI is InChI=1S/C16H22ClNO/c1-12(2)11-19-14-8-6-7-13(15(14)17)16(18)9-4-3-5-10-16/h6-8H,1,3-5,9-11,18H2,2H3. The van der Waals surface area contributed by atoms with Crippen LogP contribution in [0.4, 0.5) is 0 Å². The molecule has 1 aromatic carbocycles. The Hall–Kier alpha value is -0.990. The quantitative estimate of drug-likeness (QED) is 0.829. The molecule has 3 heteroatoms. The third-order valence-corrected chi connectivity index (χ3v) is 4.11. The number of rotatable bonds is 4. The first-order chi connectivity index (χ1) is 9.03. The predicted octanol–water partition coefficient (Wildman–Crippen LogP) is 4.41. The maximum Gasteiger partial charge on any atom is 0.138 e. The molecule has 1 aliphatic rings. The van der Waals surface area contributed by atoms with Gasteiger partial charge >= 0.3 is 0 Å². The largest absolute Gasteiger partial charge is 0.488 e. The first-order valence-corrected chi connectivity index (χ1v) is 7.26. The molecule has 0 unspecified atom stereocenters. The summed E-state index contributed by atoms with van der Waals surface area (Å²) in [4.78, 5) is 0. The minimum absolute atomic E-state index is 0.294. The minimum atomic E-state index is -0.294. The molecule has 2 rings (SSSR count). The molecule has 0 bridgehead atoms. The average molecular weight is 280 g/mol. The van der Waals surface area contributed by atoms with Crippen molar-refractivity contribution in [2.45, 2.75) is 44.6 Å². The van der Waals surface area contributed by atoms with Crippen LogP contribution in [0.25, 0.3) is 0 Å². The van der Waals surface area contributed by atoms with Crippen LogP contribution in [0.1, 0.15) is 44.6 Å². The topological polar surface area (TPSA) is 35.2 Å². The minimum Gasteiger partial charge on any atom is -0.488 e. The van der Waals surface area contributed by atoms with E-state index >= 15 is 0 Å². The van der Waals surface area contributed by atoms with E-state index in [1.165, 1.54) is 19.3 Å². The number of benzene rings is 1. The highest BCUT2D eigenvalue weighted by atomic mass is 35.5. The van der Waals surface area contributed by atoms with Crippen molar-refractivity contribution in [1.29, 1.82) is 0 Å². The second-order valence-electron chi connectivity index (χ2n) is 5.58. The van der Waals surface area contributed by atoms with Crippen LogP contribution in [0, 0.1) is 0 Å². The lowest BCUT2D eigenvalue weighted by Crippen LogP contribution is -2.38. The lowest BCUT2D eigenvalue weighted by atomic mass is 9.77. The van der Waals surface area contributed by atoms with Crippen molar-refractivity contribution in [2.24, 2.45) is 5.73 Å². The molecule has 0 heterocycles. The lowest BCUT2D eigenvalue weighted by molar-refractivity contribution is 0.299. The SMILES string of the molecule is C=C(C)COc1cccc(C2(N)CCCCC2)c1Cl. The molecule has 0 saturated heterocycles. The lowest BCUT2D eigenvalue weighted by Gasteiger charge is -2.34. The van der Waals surface area contributed by atoms with E-state index in [1.807, 2.05) is 25.1 Å². The Morgan fingerprint density at radius 1 is 1.37 bits per heavy atom. The third-order valence-electron chi connectivity index (χ3n) is 3.72. The van der Waals surface area contributed by atoms with Gasteiger partial charge in [0.05, 0.1) is 5.02 Å². The van der Waals surface area contributed by atoms with E-state index in [1.54, 1.807) is 0 Å². The zero-order chi connectivity index (χ0) is 13.9. The summed E-state index contributed by atoms with van der Waals surface area (Å²) in [6.07, 6.45) is 5.60. The van der Waals surface area contributed by atoms with E-state index in [0.717, 1.165) is 24.0 Å². The second-order valence-corrected chi connectivity index (χ2v) is 5.96. The fourth-order valence-corrected chi connectivity index (χ4v) is 3.03. The zero-order valence-corrected chi connectivity index (χ0v) is 12.3. The fraction of sp³-hybridized carbons (Fsp3) is 0.500. The Labute approximate surface area is 120 Å². The first-order valence-electron chi connectivity index (χ1n) is 6.88. The summed E-state index contributed by atoms with van der Waals surface area (Å²) in [5, 5.41) is 0.660. The van der Waals surface area contributed by atoms with E-state index in [2.05, 4.69) is 6.58 Å². The summed E-state index contributed by atoms with van der Waals surface area (Å²) in [7, 11) is 0. The summed E-state index contributed by atoms with van der Waals surface area (Å²) in [6.45, 7) is 6.25. The van der Waals surface area contributed by atoms with Gasteiger partial charge in [-0.2, -0.15) is 0 Å². The van der Waals surface area contributed by atoms with E-state index in [9.17, 15) is 0 Å². The van der Waals surface area contributed by atoms with Crippen LogP contribution in [0.3, 0.4) is 0 Å². The number of halogens is 1. The molecule has 19 heavy (non-hydrogen) atoms. The highest BCUT2D eigenvalue weighted by molar-refractivity contribution is 6.33. The van der Waals surface area contributed by atoms with Crippen LogP contribution in [0.5, 0.6) is 5.75 Å². The number of hydrogen-bond acceptors (Lipinski definition) is 2. The molecular weight excluding hydrogens is 258 g/mol. The Morgan fingerprint density at radius 3 is 2.68 bits per heavy atom. The van der Waals surface area contributed by atoms with Gasteiger partial charge in [0, 0.05) is 5.54 Å². The molecular formula is C16H22ClNO. The van der Waals surface area contributed by atoms with Crippen molar-refractivity contribution >= 4 is 11.6 Å². The van der Waals surface area contributed by atoms with Gasteiger partial charge in [0.1, 0.15) is 12.4 Å². The molecule has 1 aliphatic carbocycles. The molecule has 1 fully saturated rings. The summed E-state index contributed by atoms with van der Waals surface area (Å²) >= 11 is 6.48. The normalized spacial score (nSPS) is 18.1. The van der Waals surface area contributed by atoms with Crippen molar-refractivity contribution in [2.75, 3.05) is 6.61 Å². The van der Waals surface area contributed by atoms with E-state index in [4.69, 9.17) is 22.1 Å². The monoisotopic (exact) mass is 279 g/mol. The molecule has 0 aromatic heterocycles. The van der Waals surface area contributed by atoms with Crippen LogP contribution >= 0.6 is 11.6 Å². The Bertz CT molecular complexity index is 464. The smallest absolute Gasteiger partial charge is 0.138 e. The van der Waals surface area contributed by atoms with Crippen LogP contribution in [0.15, 0.2) is 30.4 Å². The third kappa shape index (κ3) is 3.31. The molecule has 104 valence electrons. The summed E-state index contributed by atoms with van der Waals surface area (Å²) in [6, 6.07) is 5.89. The van der Waals surface area contributed by atoms with Gasteiger partial charge in [-0.15, -0.1) is 0 Å². The van der Waals surface area contributed by atoms with Crippen LogP contribution in [-0.2, 0) is 5.54 Å². The molecule has 0 atom stereocenters. The van der Waals surface area contributed by atoms with Gasteiger partial charge in [-0.25, -0.2) is 0 Å². The molecule has 0 aliphatic heterocycles.